The number of hydrogen-bond acceptors (Lipinski definition) is 2. The minimum absolute atomic E-state index is 0.0177. The molecule has 0 radical (unpaired) electrons. The molecule has 3 rings (SSSR count). The van der Waals surface area contributed by atoms with Gasteiger partial charge in [-0.15, -0.1) is 0 Å². The van der Waals surface area contributed by atoms with Crippen molar-refractivity contribution >= 4 is 33.2 Å². The van der Waals surface area contributed by atoms with E-state index in [1.165, 1.54) is 0 Å². The highest BCUT2D eigenvalue weighted by molar-refractivity contribution is 9.10. The summed E-state index contributed by atoms with van der Waals surface area (Å²) in [6.45, 7) is 0. The Balaban J connectivity index is 1.76. The smallest absolute Gasteiger partial charge is 0.158 e. The first-order valence-electron chi connectivity index (χ1n) is 5.96. The summed E-state index contributed by atoms with van der Waals surface area (Å²) in [6, 6.07) is 15.8. The van der Waals surface area contributed by atoms with Crippen molar-refractivity contribution in [1.29, 1.82) is 0 Å². The topological polar surface area (TPSA) is 21.6 Å². The number of nitrogens with zero attached hydrogens (tertiary/aromatic N) is 1. The molecule has 0 aliphatic carbocycles. The highest BCUT2D eigenvalue weighted by atomic mass is 79.9. The number of halogens is 2. The standard InChI is InChI=1S/C15H11BrClNO/c16-12-5-1-10(2-6-12)14-9-15(19-18-14)11-3-7-13(17)8-4-11/h1-8,15H,9H2/t15-/m0/s1. The van der Waals surface area contributed by atoms with E-state index in [0.717, 1.165) is 32.8 Å². The second kappa shape index (κ2) is 5.35. The van der Waals surface area contributed by atoms with E-state index in [1.807, 2.05) is 48.5 Å². The summed E-state index contributed by atoms with van der Waals surface area (Å²) >= 11 is 9.31. The van der Waals surface area contributed by atoms with E-state index in [4.69, 9.17) is 16.4 Å². The molecule has 0 aromatic heterocycles. The van der Waals surface area contributed by atoms with Gasteiger partial charge in [-0.05, 0) is 35.4 Å². The Morgan fingerprint density at radius 3 is 2.42 bits per heavy atom. The molecule has 0 bridgehead atoms. The zero-order chi connectivity index (χ0) is 13.2. The van der Waals surface area contributed by atoms with Gasteiger partial charge in [0, 0.05) is 15.9 Å². The third-order valence-corrected chi connectivity index (χ3v) is 3.87. The molecular weight excluding hydrogens is 326 g/mol. The molecule has 2 aromatic rings. The quantitative estimate of drug-likeness (QED) is 0.759. The van der Waals surface area contributed by atoms with Gasteiger partial charge in [-0.3, -0.25) is 0 Å². The number of benzene rings is 2. The van der Waals surface area contributed by atoms with Gasteiger partial charge in [-0.25, -0.2) is 0 Å². The third kappa shape index (κ3) is 2.82. The molecule has 0 fully saturated rings. The molecule has 96 valence electrons. The van der Waals surface area contributed by atoms with Crippen molar-refractivity contribution < 1.29 is 4.84 Å². The number of hydrogen-bond donors (Lipinski definition) is 0. The van der Waals surface area contributed by atoms with E-state index in [1.54, 1.807) is 0 Å². The van der Waals surface area contributed by atoms with Crippen molar-refractivity contribution in [2.45, 2.75) is 12.5 Å². The van der Waals surface area contributed by atoms with Crippen LogP contribution in [-0.2, 0) is 4.84 Å². The molecule has 1 atom stereocenters. The van der Waals surface area contributed by atoms with Gasteiger partial charge >= 0.3 is 0 Å². The molecule has 0 amide bonds. The van der Waals surface area contributed by atoms with Crippen molar-refractivity contribution in [2.75, 3.05) is 0 Å². The molecule has 0 saturated carbocycles. The number of oxime groups is 1. The fourth-order valence-corrected chi connectivity index (χ4v) is 2.44. The highest BCUT2D eigenvalue weighted by Gasteiger charge is 2.23. The van der Waals surface area contributed by atoms with Crippen LogP contribution in [0.5, 0.6) is 0 Å². The van der Waals surface area contributed by atoms with Crippen LogP contribution in [0.2, 0.25) is 5.02 Å². The van der Waals surface area contributed by atoms with Crippen LogP contribution in [0.15, 0.2) is 58.2 Å². The lowest BCUT2D eigenvalue weighted by Crippen LogP contribution is -2.01. The van der Waals surface area contributed by atoms with Crippen molar-refractivity contribution in [3.8, 4) is 0 Å². The zero-order valence-electron chi connectivity index (χ0n) is 10.0. The van der Waals surface area contributed by atoms with Crippen LogP contribution < -0.4 is 0 Å². The van der Waals surface area contributed by atoms with Crippen LogP contribution in [0.3, 0.4) is 0 Å². The van der Waals surface area contributed by atoms with E-state index >= 15 is 0 Å². The lowest BCUT2D eigenvalue weighted by Gasteiger charge is -2.08. The monoisotopic (exact) mass is 335 g/mol. The number of rotatable bonds is 2. The average Bonchev–Trinajstić information content (AvgIpc) is 2.90. The summed E-state index contributed by atoms with van der Waals surface area (Å²) in [6.07, 6.45) is 0.763. The predicted octanol–water partition coefficient (Wildman–Crippen LogP) is 4.97. The second-order valence-corrected chi connectivity index (χ2v) is 5.75. The molecule has 0 saturated heterocycles. The van der Waals surface area contributed by atoms with Crippen molar-refractivity contribution in [2.24, 2.45) is 5.16 Å². The minimum atomic E-state index is -0.0177. The highest BCUT2D eigenvalue weighted by Crippen LogP contribution is 2.30. The van der Waals surface area contributed by atoms with Crippen LogP contribution in [0, 0.1) is 0 Å². The van der Waals surface area contributed by atoms with Crippen LogP contribution in [-0.4, -0.2) is 5.71 Å². The summed E-state index contributed by atoms with van der Waals surface area (Å²) in [5.41, 5.74) is 3.17. The molecule has 2 nitrogen and oxygen atoms in total. The van der Waals surface area contributed by atoms with Crippen molar-refractivity contribution in [3.63, 3.8) is 0 Å². The van der Waals surface area contributed by atoms with Gasteiger partial charge in [0.05, 0.1) is 5.71 Å². The van der Waals surface area contributed by atoms with Crippen LogP contribution >= 0.6 is 27.5 Å². The first-order valence-corrected chi connectivity index (χ1v) is 7.13. The first kappa shape index (κ1) is 12.7. The summed E-state index contributed by atoms with van der Waals surface area (Å²) in [7, 11) is 0. The van der Waals surface area contributed by atoms with Gasteiger partial charge in [-0.1, -0.05) is 57.0 Å². The first-order chi connectivity index (χ1) is 9.22. The van der Waals surface area contributed by atoms with Gasteiger partial charge in [-0.2, -0.15) is 0 Å². The van der Waals surface area contributed by atoms with E-state index < -0.39 is 0 Å². The van der Waals surface area contributed by atoms with Crippen molar-refractivity contribution in [3.05, 3.63) is 69.2 Å². The Kier molecular flexibility index (Phi) is 3.58. The molecule has 1 heterocycles. The maximum atomic E-state index is 5.88. The fraction of sp³-hybridized carbons (Fsp3) is 0.133. The molecule has 0 spiro atoms. The zero-order valence-corrected chi connectivity index (χ0v) is 12.4. The molecule has 19 heavy (non-hydrogen) atoms. The van der Waals surface area contributed by atoms with Gasteiger partial charge in [0.1, 0.15) is 0 Å². The SMILES string of the molecule is Clc1ccc([C@@H]2CC(c3ccc(Br)cc3)=NO2)cc1. The van der Waals surface area contributed by atoms with E-state index in [2.05, 4.69) is 21.1 Å². The Morgan fingerprint density at radius 1 is 1.05 bits per heavy atom. The maximum Gasteiger partial charge on any atom is 0.158 e. The Morgan fingerprint density at radius 2 is 1.74 bits per heavy atom. The van der Waals surface area contributed by atoms with E-state index in [0.29, 0.717) is 0 Å². The largest absolute Gasteiger partial charge is 0.387 e. The normalized spacial score (nSPS) is 18.0. The Labute approximate surface area is 125 Å². The summed E-state index contributed by atoms with van der Waals surface area (Å²) < 4.78 is 1.06. The molecule has 1 aliphatic heterocycles. The van der Waals surface area contributed by atoms with Crippen LogP contribution in [0.25, 0.3) is 0 Å². The lowest BCUT2D eigenvalue weighted by atomic mass is 10.0. The van der Waals surface area contributed by atoms with E-state index in [9.17, 15) is 0 Å². The molecule has 1 aliphatic rings. The minimum Gasteiger partial charge on any atom is -0.387 e. The molecular formula is C15H11BrClNO. The van der Waals surface area contributed by atoms with Crippen LogP contribution in [0.4, 0.5) is 0 Å². The third-order valence-electron chi connectivity index (χ3n) is 3.09. The Bertz CT molecular complexity index is 607. The summed E-state index contributed by atoms with van der Waals surface area (Å²) in [5, 5.41) is 4.92. The Hall–Kier alpha value is -1.32. The van der Waals surface area contributed by atoms with Gasteiger partial charge in [0.25, 0.3) is 0 Å². The summed E-state index contributed by atoms with van der Waals surface area (Å²) in [4.78, 5) is 5.51. The van der Waals surface area contributed by atoms with E-state index in [-0.39, 0.29) is 6.10 Å². The predicted molar refractivity (Wildman–Crippen MR) is 80.6 cm³/mol. The molecule has 0 unspecified atom stereocenters. The maximum absolute atomic E-state index is 5.88. The lowest BCUT2D eigenvalue weighted by molar-refractivity contribution is 0.0857. The van der Waals surface area contributed by atoms with Crippen LogP contribution in [0.1, 0.15) is 23.7 Å². The molecule has 0 N–H and O–H groups in total. The molecule has 4 heteroatoms. The van der Waals surface area contributed by atoms with Gasteiger partial charge < -0.3 is 4.84 Å². The van der Waals surface area contributed by atoms with Gasteiger partial charge in [0.15, 0.2) is 6.10 Å². The average molecular weight is 337 g/mol. The van der Waals surface area contributed by atoms with Gasteiger partial charge in [0.2, 0.25) is 0 Å². The fourth-order valence-electron chi connectivity index (χ4n) is 2.05. The van der Waals surface area contributed by atoms with Crippen molar-refractivity contribution in [1.82, 2.24) is 0 Å². The second-order valence-electron chi connectivity index (χ2n) is 4.39. The summed E-state index contributed by atoms with van der Waals surface area (Å²) in [5.74, 6) is 0. The molecule has 2 aromatic carbocycles.